The molecule has 10 heteroatoms. The first-order chi connectivity index (χ1) is 22.8. The average Bonchev–Trinajstić information content (AvgIpc) is 3.02. The Kier molecular flexibility index (Phi) is 17.6. The molecule has 0 fully saturated rings. The van der Waals surface area contributed by atoms with Crippen molar-refractivity contribution in [2.24, 2.45) is 17.8 Å². The fourth-order valence-electron chi connectivity index (χ4n) is 5.11. The van der Waals surface area contributed by atoms with Crippen LogP contribution in [0.1, 0.15) is 81.7 Å². The molecule has 0 heterocycles. The van der Waals surface area contributed by atoms with Crippen molar-refractivity contribution in [3.05, 3.63) is 54.1 Å². The lowest BCUT2D eigenvalue weighted by atomic mass is 9.83. The Bertz CT molecular complexity index is 1260. The van der Waals surface area contributed by atoms with Gasteiger partial charge in [-0.15, -0.1) is 0 Å². The van der Waals surface area contributed by atoms with Crippen LogP contribution >= 0.6 is 0 Å². The van der Waals surface area contributed by atoms with Crippen molar-refractivity contribution in [2.75, 3.05) is 20.8 Å². The van der Waals surface area contributed by atoms with Gasteiger partial charge in [-0.05, 0) is 73.4 Å². The summed E-state index contributed by atoms with van der Waals surface area (Å²) in [7, 11) is -1.63. The molecule has 286 valence electrons. The van der Waals surface area contributed by atoms with Crippen molar-refractivity contribution in [3.8, 4) is 5.75 Å². The fraction of sp³-hybridized carbons (Fsp3) is 0.700. The van der Waals surface area contributed by atoms with Gasteiger partial charge in [0.2, 0.25) is 0 Å². The topological polar surface area (TPSA) is 89.5 Å². The molecule has 0 aromatic heterocycles. The number of carbonyl (C=O) groups excluding carboxylic acids is 2. The minimum absolute atomic E-state index is 0.0399. The van der Waals surface area contributed by atoms with E-state index >= 15 is 0 Å². The predicted molar refractivity (Wildman–Crippen MR) is 210 cm³/mol. The van der Waals surface area contributed by atoms with Crippen molar-refractivity contribution in [1.82, 2.24) is 0 Å². The summed E-state index contributed by atoms with van der Waals surface area (Å²) in [5.74, 6) is -0.992. The van der Waals surface area contributed by atoms with E-state index in [0.717, 1.165) is 16.9 Å². The molecule has 0 N–H and O–H groups in total. The first-order valence-corrected chi connectivity index (χ1v) is 23.8. The number of esters is 1. The van der Waals surface area contributed by atoms with Crippen LogP contribution in [0.25, 0.3) is 0 Å². The zero-order valence-corrected chi connectivity index (χ0v) is 36.4. The van der Waals surface area contributed by atoms with Gasteiger partial charge in [-0.25, -0.2) is 4.79 Å². The molecule has 1 aromatic rings. The number of benzene rings is 1. The summed E-state index contributed by atoms with van der Waals surface area (Å²) in [6.45, 7) is 35.6. The second-order valence-electron chi connectivity index (χ2n) is 16.8. The van der Waals surface area contributed by atoms with Crippen LogP contribution in [0.15, 0.2) is 48.6 Å². The second-order valence-corrected chi connectivity index (χ2v) is 26.3. The number of hydrogen-bond donors (Lipinski definition) is 0. The first kappa shape index (κ1) is 45.9. The third-order valence-corrected chi connectivity index (χ3v) is 19.7. The molecule has 0 amide bonds. The van der Waals surface area contributed by atoms with E-state index in [1.54, 1.807) is 7.11 Å². The Morgan fingerprint density at radius 2 is 1.32 bits per heavy atom. The van der Waals surface area contributed by atoms with Crippen molar-refractivity contribution in [1.29, 1.82) is 0 Å². The number of carbonyl (C=O) groups is 2. The lowest BCUT2D eigenvalue weighted by Crippen LogP contribution is -2.54. The van der Waals surface area contributed by atoms with Crippen LogP contribution in [0.2, 0.25) is 36.3 Å². The Labute approximate surface area is 306 Å². The molecule has 0 spiro atoms. The highest BCUT2D eigenvalue weighted by Crippen LogP contribution is 2.41. The van der Waals surface area contributed by atoms with Crippen LogP contribution in [0.4, 0.5) is 0 Å². The maximum Gasteiger partial charge on any atom is 0.337 e. The summed E-state index contributed by atoms with van der Waals surface area (Å²) < 4.78 is 36.7. The van der Waals surface area contributed by atoms with Gasteiger partial charge in [0.15, 0.2) is 22.7 Å². The summed E-state index contributed by atoms with van der Waals surface area (Å²) in [5, 5.41) is -0.259. The summed E-state index contributed by atoms with van der Waals surface area (Å²) >= 11 is 0. The van der Waals surface area contributed by atoms with E-state index in [-0.39, 0.29) is 34.5 Å². The van der Waals surface area contributed by atoms with Gasteiger partial charge in [0.05, 0.1) is 25.9 Å². The fourth-order valence-corrected chi connectivity index (χ4v) is 7.71. The van der Waals surface area contributed by atoms with Gasteiger partial charge in [0.1, 0.15) is 24.2 Å². The highest BCUT2D eigenvalue weighted by atomic mass is 28.4. The number of rotatable bonds is 20. The number of ketones is 1. The second kappa shape index (κ2) is 19.1. The van der Waals surface area contributed by atoms with Crippen molar-refractivity contribution >= 4 is 28.4 Å². The molecule has 7 atom stereocenters. The molecule has 0 aliphatic heterocycles. The predicted octanol–water partition coefficient (Wildman–Crippen LogP) is 9.55. The van der Waals surface area contributed by atoms with Crippen LogP contribution in [0.5, 0.6) is 5.75 Å². The van der Waals surface area contributed by atoms with Crippen molar-refractivity contribution in [2.45, 2.75) is 143 Å². The smallest absolute Gasteiger partial charge is 0.337 e. The number of hydrogen-bond acceptors (Lipinski definition) is 8. The number of ether oxygens (including phenoxy) is 4. The van der Waals surface area contributed by atoms with Crippen molar-refractivity contribution < 1.29 is 37.4 Å². The lowest BCUT2D eigenvalue weighted by molar-refractivity contribution is -0.162. The van der Waals surface area contributed by atoms with Crippen LogP contribution in [-0.2, 0) is 39.3 Å². The van der Waals surface area contributed by atoms with Crippen LogP contribution in [-0.4, -0.2) is 73.6 Å². The summed E-state index contributed by atoms with van der Waals surface area (Å²) in [5.41, 5.74) is 2.04. The molecule has 0 saturated heterocycles. The van der Waals surface area contributed by atoms with Crippen LogP contribution < -0.4 is 4.74 Å². The third-order valence-electron chi connectivity index (χ3n) is 10.8. The molecule has 0 saturated carbocycles. The summed E-state index contributed by atoms with van der Waals surface area (Å²) in [6.07, 6.45) is 1.19. The largest absolute Gasteiger partial charge is 0.497 e. The van der Waals surface area contributed by atoms with E-state index in [0.29, 0.717) is 6.61 Å². The van der Waals surface area contributed by atoms with Gasteiger partial charge < -0.3 is 27.8 Å². The SMILES string of the molecule is C=CCOC(=O)[C@H](O[Si](C)(C)C(C)(C)C)[C@@H](OC)[C@H](C)C(=O)[C@H](C)[C@@H](O[Si](C)(C)C(C)(C)C)/C(C)=C/[C@H](C)[C@H](C)OCc1ccc(OC)cc1. The monoisotopic (exact) mass is 734 g/mol. The van der Waals surface area contributed by atoms with Gasteiger partial charge in [-0.3, -0.25) is 4.79 Å². The van der Waals surface area contributed by atoms with E-state index in [2.05, 4.69) is 94.2 Å². The maximum atomic E-state index is 14.5. The van der Waals surface area contributed by atoms with E-state index in [9.17, 15) is 9.59 Å². The minimum atomic E-state index is -2.48. The molecule has 0 unspecified atom stereocenters. The lowest BCUT2D eigenvalue weighted by Gasteiger charge is -2.43. The molecule has 8 nitrogen and oxygen atoms in total. The Morgan fingerprint density at radius 1 is 0.820 bits per heavy atom. The quantitative estimate of drug-likeness (QED) is 0.0744. The Balaban J connectivity index is 3.47. The minimum Gasteiger partial charge on any atom is -0.497 e. The Hall–Kier alpha value is -2.09. The van der Waals surface area contributed by atoms with Gasteiger partial charge in [0.25, 0.3) is 0 Å². The normalized spacial score (nSPS) is 17.6. The molecule has 1 rings (SSSR count). The summed E-state index contributed by atoms with van der Waals surface area (Å²) in [6, 6.07) is 7.87. The molecule has 0 aliphatic rings. The van der Waals surface area contributed by atoms with E-state index in [1.165, 1.54) is 13.2 Å². The molecule has 50 heavy (non-hydrogen) atoms. The molecule has 1 aromatic carbocycles. The Morgan fingerprint density at radius 3 is 1.76 bits per heavy atom. The zero-order chi connectivity index (χ0) is 38.8. The van der Waals surface area contributed by atoms with Gasteiger partial charge in [-0.1, -0.05) is 93.2 Å². The maximum absolute atomic E-state index is 14.5. The van der Waals surface area contributed by atoms with Gasteiger partial charge in [0, 0.05) is 24.9 Å². The van der Waals surface area contributed by atoms with E-state index in [1.807, 2.05) is 45.0 Å². The van der Waals surface area contributed by atoms with Gasteiger partial charge in [-0.2, -0.15) is 0 Å². The molecule has 0 bridgehead atoms. The standard InChI is InChI=1S/C40H70O8Si2/c1-19-24-45-38(42)37(48-50(17,18)40(10,11)12)36(44-14)30(5)34(41)29(4)35(47-49(15,16)39(7,8)9)28(3)25-27(2)31(6)46-26-32-20-22-33(43-13)23-21-32/h19-23,25,27,29-31,35-37H,1,24,26H2,2-18H3/b28-25+/t27-,29-,30+,31-,35-,36-,37+/m0/s1. The van der Waals surface area contributed by atoms with Crippen LogP contribution in [0.3, 0.4) is 0 Å². The third kappa shape index (κ3) is 12.8. The summed E-state index contributed by atoms with van der Waals surface area (Å²) in [4.78, 5) is 28.0. The molecule has 0 radical (unpaired) electrons. The van der Waals surface area contributed by atoms with Crippen LogP contribution in [0, 0.1) is 17.8 Å². The first-order valence-electron chi connectivity index (χ1n) is 18.0. The highest BCUT2D eigenvalue weighted by molar-refractivity contribution is 6.74. The van der Waals surface area contributed by atoms with E-state index in [4.69, 9.17) is 27.8 Å². The average molecular weight is 735 g/mol. The number of Topliss-reactive ketones (excluding diaryl/α,β-unsaturated/α-hetero) is 1. The molecular weight excluding hydrogens is 665 g/mol. The zero-order valence-electron chi connectivity index (χ0n) is 34.4. The van der Waals surface area contributed by atoms with Gasteiger partial charge >= 0.3 is 5.97 Å². The van der Waals surface area contributed by atoms with E-state index < -0.39 is 52.8 Å². The van der Waals surface area contributed by atoms with Crippen molar-refractivity contribution in [3.63, 3.8) is 0 Å². The molecule has 0 aliphatic carbocycles. The number of methoxy groups -OCH3 is 2. The highest BCUT2D eigenvalue weighted by Gasteiger charge is 2.48. The molecular formula is C40H70O8Si2.